The standard InChI is InChI=1S/C14H27N5O/c1-13(2)11-20-10-4-5-17-14(15-3)18-7-9-19-8-6-16-12-19/h6,8,12-13H,4-5,7,9-11H2,1-3H3,(H2,15,17,18). The number of guanidine groups is 1. The molecule has 114 valence electrons. The second-order valence-electron chi connectivity index (χ2n) is 5.05. The zero-order valence-electron chi connectivity index (χ0n) is 12.8. The molecule has 1 heterocycles. The Hall–Kier alpha value is -1.56. The number of nitrogens with zero attached hydrogens (tertiary/aromatic N) is 3. The average Bonchev–Trinajstić information content (AvgIpc) is 2.93. The second-order valence-corrected chi connectivity index (χ2v) is 5.05. The van der Waals surface area contributed by atoms with Gasteiger partial charge >= 0.3 is 0 Å². The van der Waals surface area contributed by atoms with Crippen LogP contribution in [0.2, 0.25) is 0 Å². The van der Waals surface area contributed by atoms with Crippen LogP contribution in [-0.4, -0.2) is 48.9 Å². The Kier molecular flexibility index (Phi) is 8.46. The zero-order valence-corrected chi connectivity index (χ0v) is 12.8. The van der Waals surface area contributed by atoms with Gasteiger partial charge in [-0.3, -0.25) is 4.99 Å². The Balaban J connectivity index is 2.02. The molecule has 0 aromatic carbocycles. The van der Waals surface area contributed by atoms with Crippen LogP contribution in [0.4, 0.5) is 0 Å². The number of ether oxygens (including phenoxy) is 1. The minimum Gasteiger partial charge on any atom is -0.381 e. The minimum absolute atomic E-state index is 0.598. The van der Waals surface area contributed by atoms with E-state index in [9.17, 15) is 0 Å². The summed E-state index contributed by atoms with van der Waals surface area (Å²) in [4.78, 5) is 8.19. The van der Waals surface area contributed by atoms with Crippen LogP contribution in [0.15, 0.2) is 23.7 Å². The van der Waals surface area contributed by atoms with Gasteiger partial charge in [0.25, 0.3) is 0 Å². The molecule has 0 amide bonds. The summed E-state index contributed by atoms with van der Waals surface area (Å²) in [7, 11) is 1.78. The predicted octanol–water partition coefficient (Wildman–Crippen LogP) is 1.11. The lowest BCUT2D eigenvalue weighted by Gasteiger charge is -2.12. The van der Waals surface area contributed by atoms with E-state index >= 15 is 0 Å². The fraction of sp³-hybridized carbons (Fsp3) is 0.714. The van der Waals surface area contributed by atoms with Crippen molar-refractivity contribution in [2.24, 2.45) is 10.9 Å². The van der Waals surface area contributed by atoms with E-state index < -0.39 is 0 Å². The van der Waals surface area contributed by atoms with Gasteiger partial charge in [-0.2, -0.15) is 0 Å². The molecule has 1 rings (SSSR count). The number of imidazole rings is 1. The molecular weight excluding hydrogens is 254 g/mol. The molecule has 0 aliphatic rings. The molecule has 0 bridgehead atoms. The van der Waals surface area contributed by atoms with Crippen LogP contribution in [0, 0.1) is 5.92 Å². The van der Waals surface area contributed by atoms with Gasteiger partial charge in [-0.15, -0.1) is 0 Å². The molecule has 0 radical (unpaired) electrons. The van der Waals surface area contributed by atoms with Gasteiger partial charge in [-0.1, -0.05) is 13.8 Å². The van der Waals surface area contributed by atoms with Gasteiger partial charge in [0.2, 0.25) is 0 Å². The van der Waals surface area contributed by atoms with Crippen LogP contribution in [-0.2, 0) is 11.3 Å². The summed E-state index contributed by atoms with van der Waals surface area (Å²) < 4.78 is 7.56. The molecule has 0 unspecified atom stereocenters. The molecule has 6 heteroatoms. The van der Waals surface area contributed by atoms with Crippen LogP contribution >= 0.6 is 0 Å². The van der Waals surface area contributed by atoms with Crippen molar-refractivity contribution in [3.05, 3.63) is 18.7 Å². The van der Waals surface area contributed by atoms with Crippen molar-refractivity contribution in [1.82, 2.24) is 20.2 Å². The highest BCUT2D eigenvalue weighted by Crippen LogP contribution is 1.92. The normalized spacial score (nSPS) is 11.9. The zero-order chi connectivity index (χ0) is 14.6. The van der Waals surface area contributed by atoms with Gasteiger partial charge in [-0.25, -0.2) is 4.98 Å². The van der Waals surface area contributed by atoms with E-state index in [0.717, 1.165) is 45.2 Å². The molecular formula is C14H27N5O. The predicted molar refractivity (Wildman–Crippen MR) is 81.9 cm³/mol. The third-order valence-electron chi connectivity index (χ3n) is 2.65. The Morgan fingerprint density at radius 3 is 2.80 bits per heavy atom. The van der Waals surface area contributed by atoms with E-state index in [0.29, 0.717) is 5.92 Å². The van der Waals surface area contributed by atoms with Crippen molar-refractivity contribution in [2.75, 3.05) is 33.4 Å². The summed E-state index contributed by atoms with van der Waals surface area (Å²) in [6.45, 7) is 8.49. The van der Waals surface area contributed by atoms with E-state index in [2.05, 4.69) is 34.5 Å². The quantitative estimate of drug-likeness (QED) is 0.404. The Morgan fingerprint density at radius 2 is 2.15 bits per heavy atom. The highest BCUT2D eigenvalue weighted by atomic mass is 16.5. The molecule has 1 aromatic heterocycles. The van der Waals surface area contributed by atoms with E-state index in [4.69, 9.17) is 4.74 Å². The first kappa shape index (κ1) is 16.5. The number of hydrogen-bond acceptors (Lipinski definition) is 3. The van der Waals surface area contributed by atoms with Crippen LogP contribution < -0.4 is 10.6 Å². The summed E-state index contributed by atoms with van der Waals surface area (Å²) in [5, 5.41) is 6.54. The maximum absolute atomic E-state index is 5.53. The molecule has 0 saturated carbocycles. The highest BCUT2D eigenvalue weighted by Gasteiger charge is 1.98. The second kappa shape index (κ2) is 10.3. The summed E-state index contributed by atoms with van der Waals surface area (Å²) in [5.41, 5.74) is 0. The van der Waals surface area contributed by atoms with Gasteiger partial charge in [0, 0.05) is 52.3 Å². The van der Waals surface area contributed by atoms with Gasteiger partial charge < -0.3 is 19.9 Å². The summed E-state index contributed by atoms with van der Waals surface area (Å²) in [6.07, 6.45) is 6.52. The van der Waals surface area contributed by atoms with Crippen LogP contribution in [0.25, 0.3) is 0 Å². The summed E-state index contributed by atoms with van der Waals surface area (Å²) >= 11 is 0. The lowest BCUT2D eigenvalue weighted by atomic mass is 10.2. The first-order chi connectivity index (χ1) is 9.72. The fourth-order valence-corrected chi connectivity index (χ4v) is 1.64. The van der Waals surface area contributed by atoms with Gasteiger partial charge in [0.1, 0.15) is 0 Å². The van der Waals surface area contributed by atoms with Crippen LogP contribution in [0.5, 0.6) is 0 Å². The summed E-state index contributed by atoms with van der Waals surface area (Å²) in [6, 6.07) is 0. The third kappa shape index (κ3) is 7.78. The van der Waals surface area contributed by atoms with Gasteiger partial charge in [0.15, 0.2) is 5.96 Å². The van der Waals surface area contributed by atoms with E-state index in [1.807, 2.05) is 17.1 Å². The van der Waals surface area contributed by atoms with Crippen molar-refractivity contribution in [1.29, 1.82) is 0 Å². The SMILES string of the molecule is CN=C(NCCCOCC(C)C)NCCn1ccnc1. The maximum Gasteiger partial charge on any atom is 0.191 e. The fourth-order valence-electron chi connectivity index (χ4n) is 1.64. The molecule has 0 aliphatic heterocycles. The van der Waals surface area contributed by atoms with Gasteiger partial charge in [-0.05, 0) is 12.3 Å². The number of aromatic nitrogens is 2. The van der Waals surface area contributed by atoms with Crippen LogP contribution in [0.1, 0.15) is 20.3 Å². The number of aliphatic imine (C=N–C) groups is 1. The first-order valence-corrected chi connectivity index (χ1v) is 7.20. The third-order valence-corrected chi connectivity index (χ3v) is 2.65. The smallest absolute Gasteiger partial charge is 0.191 e. The monoisotopic (exact) mass is 281 g/mol. The Morgan fingerprint density at radius 1 is 1.35 bits per heavy atom. The molecule has 0 atom stereocenters. The van der Waals surface area contributed by atoms with Gasteiger partial charge in [0.05, 0.1) is 6.33 Å². The number of nitrogens with one attached hydrogen (secondary N) is 2. The van der Waals surface area contributed by atoms with Crippen molar-refractivity contribution >= 4 is 5.96 Å². The molecule has 0 fully saturated rings. The van der Waals surface area contributed by atoms with E-state index in [-0.39, 0.29) is 0 Å². The molecule has 6 nitrogen and oxygen atoms in total. The lowest BCUT2D eigenvalue weighted by Crippen LogP contribution is -2.39. The van der Waals surface area contributed by atoms with Crippen LogP contribution in [0.3, 0.4) is 0 Å². The molecule has 2 N–H and O–H groups in total. The summed E-state index contributed by atoms with van der Waals surface area (Å²) in [5.74, 6) is 1.43. The van der Waals surface area contributed by atoms with Crippen molar-refractivity contribution in [3.63, 3.8) is 0 Å². The first-order valence-electron chi connectivity index (χ1n) is 7.20. The largest absolute Gasteiger partial charge is 0.381 e. The maximum atomic E-state index is 5.53. The molecule has 0 aliphatic carbocycles. The number of rotatable bonds is 9. The highest BCUT2D eigenvalue weighted by molar-refractivity contribution is 5.79. The molecule has 0 saturated heterocycles. The Labute approximate surface area is 121 Å². The Bertz CT molecular complexity index is 362. The minimum atomic E-state index is 0.598. The van der Waals surface area contributed by atoms with E-state index in [1.165, 1.54) is 0 Å². The number of hydrogen-bond donors (Lipinski definition) is 2. The molecule has 0 spiro atoms. The molecule has 20 heavy (non-hydrogen) atoms. The van der Waals surface area contributed by atoms with Crippen molar-refractivity contribution < 1.29 is 4.74 Å². The van der Waals surface area contributed by atoms with Crippen molar-refractivity contribution in [2.45, 2.75) is 26.8 Å². The molecule has 1 aromatic rings. The lowest BCUT2D eigenvalue weighted by molar-refractivity contribution is 0.108. The average molecular weight is 281 g/mol. The van der Waals surface area contributed by atoms with E-state index in [1.54, 1.807) is 13.2 Å². The van der Waals surface area contributed by atoms with Crippen molar-refractivity contribution in [3.8, 4) is 0 Å². The topological polar surface area (TPSA) is 63.5 Å².